The molecule has 3 rings (SSSR count). The predicted octanol–water partition coefficient (Wildman–Crippen LogP) is 3.89. The van der Waals surface area contributed by atoms with Crippen molar-refractivity contribution < 1.29 is 4.74 Å². The minimum absolute atomic E-state index is 0.530. The molecule has 0 saturated carbocycles. The second-order valence-corrected chi connectivity index (χ2v) is 6.31. The van der Waals surface area contributed by atoms with E-state index in [9.17, 15) is 0 Å². The first-order valence-electron chi connectivity index (χ1n) is 9.23. The van der Waals surface area contributed by atoms with Crippen LogP contribution in [0.15, 0.2) is 67.0 Å². The average Bonchev–Trinajstić information content (AvgIpc) is 3.19. The Morgan fingerprint density at radius 1 is 1.07 bits per heavy atom. The summed E-state index contributed by atoms with van der Waals surface area (Å²) in [5.41, 5.74) is 3.47. The molecule has 0 atom stereocenters. The zero-order valence-corrected chi connectivity index (χ0v) is 15.3. The number of nitrogens with zero attached hydrogens (tertiary/aromatic N) is 3. The molecule has 0 bridgehead atoms. The molecule has 0 fully saturated rings. The number of hydrogen-bond acceptors (Lipinski definition) is 4. The van der Waals surface area contributed by atoms with Gasteiger partial charge in [0.05, 0.1) is 24.6 Å². The monoisotopic (exact) mass is 360 g/mol. The van der Waals surface area contributed by atoms with Crippen LogP contribution in [0.5, 0.6) is 5.75 Å². The number of benzene rings is 2. The molecule has 0 aliphatic heterocycles. The zero-order chi connectivity index (χ0) is 18.7. The lowest BCUT2D eigenvalue weighted by Crippen LogP contribution is -2.16. The Balaban J connectivity index is 1.41. The first-order chi connectivity index (χ1) is 13.3. The average molecular weight is 360 g/mol. The summed E-state index contributed by atoms with van der Waals surface area (Å²) in [6.07, 6.45) is 6.21. The van der Waals surface area contributed by atoms with Crippen LogP contribution in [0, 0.1) is 11.3 Å². The Kier molecular flexibility index (Phi) is 7.02. The fourth-order valence-electron chi connectivity index (χ4n) is 2.76. The molecule has 5 heteroatoms. The predicted molar refractivity (Wildman–Crippen MR) is 106 cm³/mol. The molecule has 27 heavy (non-hydrogen) atoms. The summed E-state index contributed by atoms with van der Waals surface area (Å²) >= 11 is 0. The molecular formula is C22H24N4O. The molecule has 0 amide bonds. The van der Waals surface area contributed by atoms with E-state index in [1.165, 1.54) is 11.1 Å². The normalized spacial score (nSPS) is 10.5. The Hall–Kier alpha value is -3.10. The largest absolute Gasteiger partial charge is 0.494 e. The highest BCUT2D eigenvalue weighted by Crippen LogP contribution is 2.14. The van der Waals surface area contributed by atoms with Crippen molar-refractivity contribution in [3.05, 3.63) is 78.1 Å². The van der Waals surface area contributed by atoms with E-state index in [0.717, 1.165) is 37.4 Å². The maximum Gasteiger partial charge on any atom is 0.119 e. The number of rotatable bonds is 10. The third-order valence-corrected chi connectivity index (χ3v) is 4.18. The van der Waals surface area contributed by atoms with Gasteiger partial charge in [-0.05, 0) is 54.8 Å². The van der Waals surface area contributed by atoms with Gasteiger partial charge in [-0.15, -0.1) is 0 Å². The molecule has 0 saturated heterocycles. The van der Waals surface area contributed by atoms with Crippen molar-refractivity contribution >= 4 is 0 Å². The lowest BCUT2D eigenvalue weighted by Gasteiger charge is -2.08. The van der Waals surface area contributed by atoms with E-state index in [2.05, 4.69) is 28.7 Å². The zero-order valence-electron chi connectivity index (χ0n) is 15.3. The number of hydrogen-bond donors (Lipinski definition) is 1. The fourth-order valence-corrected chi connectivity index (χ4v) is 2.76. The first-order valence-corrected chi connectivity index (χ1v) is 9.23. The second-order valence-electron chi connectivity index (χ2n) is 6.31. The van der Waals surface area contributed by atoms with Crippen LogP contribution >= 0.6 is 0 Å². The minimum atomic E-state index is 0.530. The molecule has 2 aromatic carbocycles. The number of unbranched alkanes of at least 4 members (excludes halogenated alkanes) is 1. The highest BCUT2D eigenvalue weighted by atomic mass is 16.5. The van der Waals surface area contributed by atoms with Gasteiger partial charge in [-0.3, -0.25) is 0 Å². The van der Waals surface area contributed by atoms with Gasteiger partial charge < -0.3 is 10.1 Å². The summed E-state index contributed by atoms with van der Waals surface area (Å²) in [7, 11) is 0. The molecular weight excluding hydrogens is 336 g/mol. The highest BCUT2D eigenvalue weighted by Gasteiger charge is 2.01. The summed E-state index contributed by atoms with van der Waals surface area (Å²) < 4.78 is 7.58. The van der Waals surface area contributed by atoms with E-state index in [4.69, 9.17) is 10.00 Å². The molecule has 0 aliphatic carbocycles. The van der Waals surface area contributed by atoms with Crippen molar-refractivity contribution in [2.75, 3.05) is 13.2 Å². The van der Waals surface area contributed by atoms with Crippen LogP contribution in [-0.4, -0.2) is 22.9 Å². The summed E-state index contributed by atoms with van der Waals surface area (Å²) in [5.74, 6) is 0.858. The van der Waals surface area contributed by atoms with Crippen LogP contribution < -0.4 is 10.1 Å². The molecule has 0 spiro atoms. The molecule has 5 nitrogen and oxygen atoms in total. The summed E-state index contributed by atoms with van der Waals surface area (Å²) in [6.45, 7) is 2.26. The van der Waals surface area contributed by atoms with Gasteiger partial charge in [-0.25, -0.2) is 4.68 Å². The highest BCUT2D eigenvalue weighted by molar-refractivity contribution is 5.31. The van der Waals surface area contributed by atoms with Gasteiger partial charge in [-0.1, -0.05) is 30.3 Å². The Bertz CT molecular complexity index is 867. The van der Waals surface area contributed by atoms with E-state index >= 15 is 0 Å². The minimum Gasteiger partial charge on any atom is -0.494 e. The van der Waals surface area contributed by atoms with Gasteiger partial charge in [0.15, 0.2) is 0 Å². The molecule has 1 N–H and O–H groups in total. The summed E-state index contributed by atoms with van der Waals surface area (Å²) in [5, 5.41) is 16.4. The van der Waals surface area contributed by atoms with Crippen LogP contribution in [0.3, 0.4) is 0 Å². The van der Waals surface area contributed by atoms with Gasteiger partial charge >= 0.3 is 0 Å². The van der Waals surface area contributed by atoms with E-state index in [-0.39, 0.29) is 0 Å². The quantitative estimate of drug-likeness (QED) is 0.557. The van der Waals surface area contributed by atoms with Crippen molar-refractivity contribution in [2.45, 2.75) is 25.8 Å². The van der Waals surface area contributed by atoms with Crippen molar-refractivity contribution in [2.24, 2.45) is 0 Å². The molecule has 138 valence electrons. The molecule has 3 aromatic rings. The SMILES string of the molecule is N#CCCCOc1cccc(CNCCc2cnn(-c3ccccc3)c2)c1. The maximum atomic E-state index is 8.55. The van der Waals surface area contributed by atoms with Gasteiger partial charge in [0.2, 0.25) is 0 Å². The number of aromatic nitrogens is 2. The van der Waals surface area contributed by atoms with Gasteiger partial charge in [0.1, 0.15) is 5.75 Å². The Labute approximate surface area is 160 Å². The Morgan fingerprint density at radius 2 is 1.96 bits per heavy atom. The van der Waals surface area contributed by atoms with E-state index in [1.807, 2.05) is 59.4 Å². The lowest BCUT2D eigenvalue weighted by atomic mass is 10.2. The molecule has 1 heterocycles. The molecule has 0 radical (unpaired) electrons. The van der Waals surface area contributed by atoms with Crippen molar-refractivity contribution in [3.63, 3.8) is 0 Å². The van der Waals surface area contributed by atoms with Crippen LogP contribution in [0.2, 0.25) is 0 Å². The van der Waals surface area contributed by atoms with Gasteiger partial charge in [0, 0.05) is 19.2 Å². The number of ether oxygens (including phenoxy) is 1. The van der Waals surface area contributed by atoms with Gasteiger partial charge in [-0.2, -0.15) is 10.4 Å². The first kappa shape index (κ1) is 18.7. The third-order valence-electron chi connectivity index (χ3n) is 4.18. The van der Waals surface area contributed by atoms with Crippen LogP contribution in [0.1, 0.15) is 24.0 Å². The van der Waals surface area contributed by atoms with Crippen molar-refractivity contribution in [3.8, 4) is 17.5 Å². The van der Waals surface area contributed by atoms with Crippen LogP contribution in [0.25, 0.3) is 5.69 Å². The van der Waals surface area contributed by atoms with Crippen LogP contribution in [0.4, 0.5) is 0 Å². The second kappa shape index (κ2) is 10.1. The molecule has 1 aromatic heterocycles. The number of nitrogens with one attached hydrogen (secondary N) is 1. The van der Waals surface area contributed by atoms with E-state index in [0.29, 0.717) is 13.0 Å². The fraction of sp³-hybridized carbons (Fsp3) is 0.273. The summed E-state index contributed by atoms with van der Waals surface area (Å²) in [6, 6.07) is 20.3. The number of para-hydroxylation sites is 1. The van der Waals surface area contributed by atoms with Crippen LogP contribution in [-0.2, 0) is 13.0 Å². The smallest absolute Gasteiger partial charge is 0.119 e. The Morgan fingerprint density at radius 3 is 2.81 bits per heavy atom. The number of nitriles is 1. The van der Waals surface area contributed by atoms with E-state index in [1.54, 1.807) is 0 Å². The van der Waals surface area contributed by atoms with E-state index < -0.39 is 0 Å². The van der Waals surface area contributed by atoms with Gasteiger partial charge in [0.25, 0.3) is 0 Å². The topological polar surface area (TPSA) is 62.9 Å². The summed E-state index contributed by atoms with van der Waals surface area (Å²) in [4.78, 5) is 0. The van der Waals surface area contributed by atoms with Crippen molar-refractivity contribution in [1.82, 2.24) is 15.1 Å². The molecule has 0 unspecified atom stereocenters. The van der Waals surface area contributed by atoms with Crippen molar-refractivity contribution in [1.29, 1.82) is 5.26 Å². The third kappa shape index (κ3) is 5.98. The maximum absolute atomic E-state index is 8.55. The lowest BCUT2D eigenvalue weighted by molar-refractivity contribution is 0.312. The standard InChI is InChI=1S/C22H24N4O/c23-12-4-5-14-27-22-10-6-7-19(15-22)16-24-13-11-20-17-25-26(18-20)21-8-2-1-3-9-21/h1-3,6-10,15,17-18,24H,4-5,11,13-14,16H2. The molecule has 0 aliphatic rings.